The minimum absolute atomic E-state index is 0.0604. The fourth-order valence-electron chi connectivity index (χ4n) is 2.23. The van der Waals surface area contributed by atoms with Gasteiger partial charge in [0.25, 0.3) is 0 Å². The molecule has 0 amide bonds. The molecule has 0 spiro atoms. The molecule has 1 unspecified atom stereocenters. The summed E-state index contributed by atoms with van der Waals surface area (Å²) in [6, 6.07) is 0. The molecule has 0 saturated carbocycles. The number of ether oxygens (including phenoxy) is 2. The summed E-state index contributed by atoms with van der Waals surface area (Å²) in [5.41, 5.74) is 0.768. The van der Waals surface area contributed by atoms with Crippen molar-refractivity contribution >= 4 is 17.7 Å². The normalized spacial score (nSPS) is 17.8. The SMILES string of the molecule is COC(=O)CCCCCCC1=CCC(OC(C)=O)C1=O. The Morgan fingerprint density at radius 1 is 1.25 bits per heavy atom. The maximum Gasteiger partial charge on any atom is 0.305 e. The van der Waals surface area contributed by atoms with Gasteiger partial charge in [0.2, 0.25) is 0 Å². The van der Waals surface area contributed by atoms with Crippen molar-refractivity contribution in [3.05, 3.63) is 11.6 Å². The van der Waals surface area contributed by atoms with E-state index in [1.165, 1.54) is 14.0 Å². The van der Waals surface area contributed by atoms with Crippen LogP contribution in [0.15, 0.2) is 11.6 Å². The van der Waals surface area contributed by atoms with Crippen molar-refractivity contribution < 1.29 is 23.9 Å². The fourth-order valence-corrected chi connectivity index (χ4v) is 2.23. The largest absolute Gasteiger partial charge is 0.469 e. The summed E-state index contributed by atoms with van der Waals surface area (Å²) in [6.45, 7) is 1.31. The maximum atomic E-state index is 11.9. The maximum absolute atomic E-state index is 11.9. The Balaban J connectivity index is 2.13. The first kappa shape index (κ1) is 16.4. The van der Waals surface area contributed by atoms with Crippen molar-refractivity contribution in [2.75, 3.05) is 7.11 Å². The summed E-state index contributed by atoms with van der Waals surface area (Å²) in [4.78, 5) is 33.6. The van der Waals surface area contributed by atoms with Crippen LogP contribution in [0, 0.1) is 0 Å². The smallest absolute Gasteiger partial charge is 0.305 e. The number of hydrogen-bond acceptors (Lipinski definition) is 5. The van der Waals surface area contributed by atoms with Gasteiger partial charge < -0.3 is 9.47 Å². The van der Waals surface area contributed by atoms with Crippen molar-refractivity contribution in [1.29, 1.82) is 0 Å². The minimum Gasteiger partial charge on any atom is -0.469 e. The van der Waals surface area contributed by atoms with E-state index in [9.17, 15) is 14.4 Å². The van der Waals surface area contributed by atoms with Crippen LogP contribution in [0.2, 0.25) is 0 Å². The van der Waals surface area contributed by atoms with Crippen LogP contribution in [0.25, 0.3) is 0 Å². The number of unbranched alkanes of at least 4 members (excludes halogenated alkanes) is 3. The molecule has 1 aliphatic carbocycles. The van der Waals surface area contributed by atoms with Gasteiger partial charge in [0, 0.05) is 19.8 Å². The summed E-state index contributed by atoms with van der Waals surface area (Å²) >= 11 is 0. The van der Waals surface area contributed by atoms with E-state index >= 15 is 0 Å². The van der Waals surface area contributed by atoms with Crippen molar-refractivity contribution in [2.24, 2.45) is 0 Å². The third-order valence-electron chi connectivity index (χ3n) is 3.30. The van der Waals surface area contributed by atoms with E-state index in [0.717, 1.165) is 37.7 Å². The Morgan fingerprint density at radius 3 is 2.60 bits per heavy atom. The van der Waals surface area contributed by atoms with Gasteiger partial charge in [-0.2, -0.15) is 0 Å². The molecule has 1 rings (SSSR count). The Labute approximate surface area is 119 Å². The number of ketones is 1. The topological polar surface area (TPSA) is 69.7 Å². The summed E-state index contributed by atoms with van der Waals surface area (Å²) in [5, 5.41) is 0. The van der Waals surface area contributed by atoms with Gasteiger partial charge in [-0.25, -0.2) is 0 Å². The molecular formula is C15H22O5. The van der Waals surface area contributed by atoms with Crippen LogP contribution in [0.5, 0.6) is 0 Å². The Bertz CT molecular complexity index is 397. The number of rotatable bonds is 8. The van der Waals surface area contributed by atoms with Gasteiger partial charge in [-0.15, -0.1) is 0 Å². The third-order valence-corrected chi connectivity index (χ3v) is 3.30. The van der Waals surface area contributed by atoms with E-state index in [4.69, 9.17) is 4.74 Å². The van der Waals surface area contributed by atoms with Crippen LogP contribution < -0.4 is 0 Å². The summed E-state index contributed by atoms with van der Waals surface area (Å²) < 4.78 is 9.51. The van der Waals surface area contributed by atoms with E-state index in [0.29, 0.717) is 12.8 Å². The average Bonchev–Trinajstić information content (AvgIpc) is 2.74. The first-order valence-corrected chi connectivity index (χ1v) is 7.02. The van der Waals surface area contributed by atoms with Gasteiger partial charge in [0.05, 0.1) is 7.11 Å². The zero-order valence-corrected chi connectivity index (χ0v) is 12.1. The van der Waals surface area contributed by atoms with E-state index < -0.39 is 12.1 Å². The summed E-state index contributed by atoms with van der Waals surface area (Å²) in [5.74, 6) is -0.654. The summed E-state index contributed by atoms with van der Waals surface area (Å²) in [7, 11) is 1.39. The molecule has 0 aromatic carbocycles. The van der Waals surface area contributed by atoms with Gasteiger partial charge in [-0.05, 0) is 24.8 Å². The van der Waals surface area contributed by atoms with E-state index in [1.54, 1.807) is 0 Å². The Morgan fingerprint density at radius 2 is 1.95 bits per heavy atom. The van der Waals surface area contributed by atoms with Crippen LogP contribution in [0.4, 0.5) is 0 Å². The summed E-state index contributed by atoms with van der Waals surface area (Å²) in [6.07, 6.45) is 6.56. The van der Waals surface area contributed by atoms with Gasteiger partial charge in [-0.3, -0.25) is 14.4 Å². The predicted octanol–water partition coefficient (Wildman–Crippen LogP) is 2.33. The number of methoxy groups -OCH3 is 1. The number of esters is 2. The third kappa shape index (κ3) is 5.55. The van der Waals surface area contributed by atoms with E-state index in [2.05, 4.69) is 4.74 Å². The van der Waals surface area contributed by atoms with E-state index in [-0.39, 0.29) is 11.8 Å². The van der Waals surface area contributed by atoms with Crippen molar-refractivity contribution in [3.63, 3.8) is 0 Å². The molecule has 0 fully saturated rings. The molecule has 0 aromatic heterocycles. The molecule has 0 saturated heterocycles. The number of carbonyl (C=O) groups excluding carboxylic acids is 3. The zero-order chi connectivity index (χ0) is 15.0. The zero-order valence-electron chi connectivity index (χ0n) is 12.1. The molecule has 0 aliphatic heterocycles. The first-order valence-electron chi connectivity index (χ1n) is 7.02. The van der Waals surface area contributed by atoms with E-state index in [1.807, 2.05) is 6.08 Å². The van der Waals surface area contributed by atoms with Crippen LogP contribution in [0.1, 0.15) is 51.9 Å². The molecule has 0 aromatic rings. The minimum atomic E-state index is -0.609. The Kier molecular flexibility index (Phi) is 6.98. The first-order chi connectivity index (χ1) is 9.54. The molecule has 5 heteroatoms. The highest BCUT2D eigenvalue weighted by Crippen LogP contribution is 2.23. The fraction of sp³-hybridized carbons (Fsp3) is 0.667. The molecule has 0 radical (unpaired) electrons. The lowest BCUT2D eigenvalue weighted by Crippen LogP contribution is -2.22. The van der Waals surface area contributed by atoms with Gasteiger partial charge in [0.1, 0.15) is 0 Å². The lowest BCUT2D eigenvalue weighted by atomic mass is 10.0. The second kappa shape index (κ2) is 8.51. The van der Waals surface area contributed by atoms with Crippen LogP contribution in [-0.2, 0) is 23.9 Å². The molecule has 1 aliphatic rings. The van der Waals surface area contributed by atoms with Crippen molar-refractivity contribution in [2.45, 2.75) is 58.0 Å². The Hall–Kier alpha value is -1.65. The standard InChI is InChI=1S/C15H22O5/c1-11(16)20-13-10-9-12(15(13)18)7-5-3-4-6-8-14(17)19-2/h9,13H,3-8,10H2,1-2H3. The molecule has 112 valence electrons. The second-order valence-electron chi connectivity index (χ2n) is 4.92. The predicted molar refractivity (Wildman–Crippen MR) is 73.0 cm³/mol. The highest BCUT2D eigenvalue weighted by atomic mass is 16.5. The van der Waals surface area contributed by atoms with Crippen LogP contribution in [-0.4, -0.2) is 30.9 Å². The van der Waals surface area contributed by atoms with Crippen LogP contribution >= 0.6 is 0 Å². The lowest BCUT2D eigenvalue weighted by Gasteiger charge is -2.09. The van der Waals surface area contributed by atoms with Gasteiger partial charge in [-0.1, -0.05) is 18.9 Å². The second-order valence-corrected chi connectivity index (χ2v) is 4.92. The molecule has 0 bridgehead atoms. The number of Topliss-reactive ketones (excluding diaryl/α,β-unsaturated/α-hetero) is 1. The number of carbonyl (C=O) groups is 3. The molecule has 5 nitrogen and oxygen atoms in total. The van der Waals surface area contributed by atoms with Gasteiger partial charge in [0.15, 0.2) is 11.9 Å². The highest BCUT2D eigenvalue weighted by Gasteiger charge is 2.28. The number of hydrogen-bond donors (Lipinski definition) is 0. The van der Waals surface area contributed by atoms with Crippen molar-refractivity contribution in [3.8, 4) is 0 Å². The van der Waals surface area contributed by atoms with Gasteiger partial charge >= 0.3 is 11.9 Å². The average molecular weight is 282 g/mol. The molecular weight excluding hydrogens is 260 g/mol. The quantitative estimate of drug-likeness (QED) is 0.505. The monoisotopic (exact) mass is 282 g/mol. The molecule has 0 N–H and O–H groups in total. The molecule has 20 heavy (non-hydrogen) atoms. The molecule has 1 atom stereocenters. The highest BCUT2D eigenvalue weighted by molar-refractivity contribution is 6.02. The van der Waals surface area contributed by atoms with Crippen molar-refractivity contribution in [1.82, 2.24) is 0 Å². The molecule has 0 heterocycles. The van der Waals surface area contributed by atoms with Crippen LogP contribution in [0.3, 0.4) is 0 Å². The lowest BCUT2D eigenvalue weighted by molar-refractivity contribution is -0.150.